The van der Waals surface area contributed by atoms with Gasteiger partial charge in [-0.2, -0.15) is 0 Å². The number of ketones is 1. The predicted molar refractivity (Wildman–Crippen MR) is 82.0 cm³/mol. The normalized spacial score (nSPS) is 18.5. The van der Waals surface area contributed by atoms with E-state index in [9.17, 15) is 4.79 Å². The van der Waals surface area contributed by atoms with Gasteiger partial charge in [0.1, 0.15) is 11.5 Å². The molecular weight excluding hydrogens is 268 g/mol. The van der Waals surface area contributed by atoms with Gasteiger partial charge in [-0.05, 0) is 18.6 Å². The van der Waals surface area contributed by atoms with Crippen molar-refractivity contribution in [3.8, 4) is 11.5 Å². The Morgan fingerprint density at radius 3 is 2.86 bits per heavy atom. The predicted octanol–water partition coefficient (Wildman–Crippen LogP) is 1.48. The Bertz CT molecular complexity index is 528. The molecule has 1 aliphatic heterocycles. The van der Waals surface area contributed by atoms with Crippen LogP contribution in [-0.2, 0) is 0 Å². The highest BCUT2D eigenvalue weighted by atomic mass is 16.5. The molecular formula is C16H22N2O3. The number of rotatable bonds is 6. The first-order valence-electron chi connectivity index (χ1n) is 7.05. The van der Waals surface area contributed by atoms with Gasteiger partial charge in [-0.15, -0.1) is 0 Å². The number of Topliss-reactive ketones (excluding diaryl/α,β-unsaturated/α-hetero) is 1. The summed E-state index contributed by atoms with van der Waals surface area (Å²) >= 11 is 0. The number of ether oxygens (including phenoxy) is 2. The van der Waals surface area contributed by atoms with E-state index in [4.69, 9.17) is 15.2 Å². The second-order valence-electron chi connectivity index (χ2n) is 4.98. The largest absolute Gasteiger partial charge is 0.497 e. The van der Waals surface area contributed by atoms with Gasteiger partial charge in [0.25, 0.3) is 0 Å². The minimum atomic E-state index is 0.0308. The SMILES string of the molecule is COc1ccc(C(=O)CN2CCC=CC2CN)c(OC)c1. The molecule has 1 aromatic rings. The van der Waals surface area contributed by atoms with Gasteiger partial charge in [-0.25, -0.2) is 0 Å². The first-order chi connectivity index (χ1) is 10.2. The van der Waals surface area contributed by atoms with E-state index < -0.39 is 0 Å². The van der Waals surface area contributed by atoms with E-state index in [1.54, 1.807) is 32.4 Å². The van der Waals surface area contributed by atoms with E-state index >= 15 is 0 Å². The zero-order valence-corrected chi connectivity index (χ0v) is 12.5. The van der Waals surface area contributed by atoms with E-state index in [1.807, 2.05) is 0 Å². The molecule has 0 amide bonds. The van der Waals surface area contributed by atoms with Crippen molar-refractivity contribution in [2.45, 2.75) is 12.5 Å². The van der Waals surface area contributed by atoms with Crippen LogP contribution in [0, 0.1) is 0 Å². The third-order valence-corrected chi connectivity index (χ3v) is 3.71. The molecule has 2 rings (SSSR count). The van der Waals surface area contributed by atoms with E-state index in [0.29, 0.717) is 30.2 Å². The van der Waals surface area contributed by atoms with Crippen molar-refractivity contribution >= 4 is 5.78 Å². The zero-order valence-electron chi connectivity index (χ0n) is 12.5. The Balaban J connectivity index is 2.14. The first-order valence-corrected chi connectivity index (χ1v) is 7.05. The third kappa shape index (κ3) is 3.62. The standard InChI is InChI=1S/C16H22N2O3/c1-20-13-6-7-14(16(9-13)21-2)15(19)11-18-8-4-3-5-12(18)10-17/h3,5-7,9,12H,4,8,10-11,17H2,1-2H3. The Hall–Kier alpha value is -1.85. The van der Waals surface area contributed by atoms with E-state index in [2.05, 4.69) is 17.1 Å². The van der Waals surface area contributed by atoms with Crippen LogP contribution in [0.15, 0.2) is 30.4 Å². The van der Waals surface area contributed by atoms with Crippen molar-refractivity contribution in [1.82, 2.24) is 4.90 Å². The molecule has 21 heavy (non-hydrogen) atoms. The number of methoxy groups -OCH3 is 2. The zero-order chi connectivity index (χ0) is 15.2. The molecule has 1 atom stereocenters. The van der Waals surface area contributed by atoms with Gasteiger partial charge in [0.15, 0.2) is 5.78 Å². The van der Waals surface area contributed by atoms with Crippen molar-refractivity contribution in [3.63, 3.8) is 0 Å². The topological polar surface area (TPSA) is 64.8 Å². The van der Waals surface area contributed by atoms with E-state index in [0.717, 1.165) is 13.0 Å². The molecule has 0 aliphatic carbocycles. The second kappa shape index (κ2) is 7.24. The van der Waals surface area contributed by atoms with Crippen LogP contribution < -0.4 is 15.2 Å². The molecule has 0 bridgehead atoms. The summed E-state index contributed by atoms with van der Waals surface area (Å²) in [4.78, 5) is 14.6. The van der Waals surface area contributed by atoms with Crippen molar-refractivity contribution in [2.75, 3.05) is 33.9 Å². The summed E-state index contributed by atoms with van der Waals surface area (Å²) in [6, 6.07) is 5.37. The fraction of sp³-hybridized carbons (Fsp3) is 0.438. The fourth-order valence-electron chi connectivity index (χ4n) is 2.50. The van der Waals surface area contributed by atoms with Crippen LogP contribution in [0.3, 0.4) is 0 Å². The molecule has 0 spiro atoms. The van der Waals surface area contributed by atoms with Crippen LogP contribution in [0.2, 0.25) is 0 Å². The summed E-state index contributed by atoms with van der Waals surface area (Å²) in [5.41, 5.74) is 6.33. The molecule has 2 N–H and O–H groups in total. The Labute approximate surface area is 125 Å². The third-order valence-electron chi connectivity index (χ3n) is 3.71. The second-order valence-corrected chi connectivity index (χ2v) is 4.98. The molecule has 0 saturated carbocycles. The van der Waals surface area contributed by atoms with Gasteiger partial charge in [-0.3, -0.25) is 9.69 Å². The van der Waals surface area contributed by atoms with Gasteiger partial charge in [0, 0.05) is 25.2 Å². The lowest BCUT2D eigenvalue weighted by Gasteiger charge is -2.30. The summed E-state index contributed by atoms with van der Waals surface area (Å²) in [7, 11) is 3.14. The molecule has 114 valence electrons. The molecule has 0 radical (unpaired) electrons. The number of nitrogens with two attached hydrogens (primary N) is 1. The Morgan fingerprint density at radius 2 is 2.19 bits per heavy atom. The van der Waals surface area contributed by atoms with Crippen LogP contribution in [0.25, 0.3) is 0 Å². The van der Waals surface area contributed by atoms with Crippen LogP contribution >= 0.6 is 0 Å². The van der Waals surface area contributed by atoms with E-state index in [1.165, 1.54) is 0 Å². The number of hydrogen-bond donors (Lipinski definition) is 1. The first kappa shape index (κ1) is 15.5. The maximum atomic E-state index is 12.5. The molecule has 1 heterocycles. The van der Waals surface area contributed by atoms with Gasteiger partial charge in [0.05, 0.1) is 26.3 Å². The number of benzene rings is 1. The van der Waals surface area contributed by atoms with Crippen LogP contribution in [0.1, 0.15) is 16.8 Å². The van der Waals surface area contributed by atoms with Gasteiger partial charge in [-0.1, -0.05) is 12.2 Å². The summed E-state index contributed by atoms with van der Waals surface area (Å²) in [5.74, 6) is 1.24. The fourth-order valence-corrected chi connectivity index (χ4v) is 2.50. The average molecular weight is 290 g/mol. The maximum absolute atomic E-state index is 12.5. The molecule has 0 aromatic heterocycles. The number of carbonyl (C=O) groups is 1. The lowest BCUT2D eigenvalue weighted by Crippen LogP contribution is -2.44. The minimum Gasteiger partial charge on any atom is -0.497 e. The monoisotopic (exact) mass is 290 g/mol. The van der Waals surface area contributed by atoms with Crippen molar-refractivity contribution in [2.24, 2.45) is 5.73 Å². The smallest absolute Gasteiger partial charge is 0.180 e. The van der Waals surface area contributed by atoms with Crippen LogP contribution in [0.5, 0.6) is 11.5 Å². The van der Waals surface area contributed by atoms with Crippen LogP contribution in [-0.4, -0.2) is 50.6 Å². The lowest BCUT2D eigenvalue weighted by atomic mass is 10.1. The van der Waals surface area contributed by atoms with Gasteiger partial charge in [0.2, 0.25) is 0 Å². The highest BCUT2D eigenvalue weighted by molar-refractivity contribution is 6.00. The quantitative estimate of drug-likeness (QED) is 0.635. The van der Waals surface area contributed by atoms with Crippen LogP contribution in [0.4, 0.5) is 0 Å². The van der Waals surface area contributed by atoms with Crippen molar-refractivity contribution < 1.29 is 14.3 Å². The summed E-state index contributed by atoms with van der Waals surface area (Å²) in [6.07, 6.45) is 5.14. The Kier molecular flexibility index (Phi) is 5.36. The molecule has 5 heteroatoms. The highest BCUT2D eigenvalue weighted by Gasteiger charge is 2.22. The number of carbonyl (C=O) groups excluding carboxylic acids is 1. The molecule has 0 saturated heterocycles. The van der Waals surface area contributed by atoms with Crippen molar-refractivity contribution in [3.05, 3.63) is 35.9 Å². The molecule has 5 nitrogen and oxygen atoms in total. The Morgan fingerprint density at radius 1 is 1.38 bits per heavy atom. The van der Waals surface area contributed by atoms with Gasteiger partial charge < -0.3 is 15.2 Å². The van der Waals surface area contributed by atoms with Crippen molar-refractivity contribution in [1.29, 1.82) is 0 Å². The van der Waals surface area contributed by atoms with E-state index in [-0.39, 0.29) is 11.8 Å². The highest BCUT2D eigenvalue weighted by Crippen LogP contribution is 2.25. The summed E-state index contributed by atoms with van der Waals surface area (Å²) in [5, 5.41) is 0. The summed E-state index contributed by atoms with van der Waals surface area (Å²) < 4.78 is 10.4. The number of nitrogens with zero attached hydrogens (tertiary/aromatic N) is 1. The van der Waals surface area contributed by atoms with Gasteiger partial charge >= 0.3 is 0 Å². The molecule has 0 fully saturated rings. The lowest BCUT2D eigenvalue weighted by molar-refractivity contribution is 0.0907. The molecule has 1 unspecified atom stereocenters. The maximum Gasteiger partial charge on any atom is 0.180 e. The summed E-state index contributed by atoms with van der Waals surface area (Å²) in [6.45, 7) is 1.71. The average Bonchev–Trinajstić information content (AvgIpc) is 2.54. The molecule has 1 aromatic carbocycles. The minimum absolute atomic E-state index is 0.0308. The number of hydrogen-bond acceptors (Lipinski definition) is 5. The molecule has 1 aliphatic rings.